The number of hydrogen-bond donors (Lipinski definition) is 0. The van der Waals surface area contributed by atoms with Crippen LogP contribution in [0.3, 0.4) is 0 Å². The number of benzene rings is 2. The van der Waals surface area contributed by atoms with E-state index in [2.05, 4.69) is 6.92 Å². The Hall–Kier alpha value is -2.59. The summed E-state index contributed by atoms with van der Waals surface area (Å²) in [7, 11) is 1.64. The van der Waals surface area contributed by atoms with Crippen molar-refractivity contribution < 1.29 is 14.3 Å². The molecule has 0 aliphatic heterocycles. The Balaban J connectivity index is 1.92. The van der Waals surface area contributed by atoms with Crippen molar-refractivity contribution in [2.45, 2.75) is 19.8 Å². The van der Waals surface area contributed by atoms with Gasteiger partial charge in [-0.15, -0.1) is 11.8 Å². The quantitative estimate of drug-likeness (QED) is 0.359. The molecule has 2 aromatic rings. The van der Waals surface area contributed by atoms with Gasteiger partial charge in [0.1, 0.15) is 5.75 Å². The number of ketones is 2. The third-order valence-electron chi connectivity index (χ3n) is 4.44. The summed E-state index contributed by atoms with van der Waals surface area (Å²) < 4.78 is 5.23. The third kappa shape index (κ3) is 4.22. The van der Waals surface area contributed by atoms with Crippen molar-refractivity contribution in [3.05, 3.63) is 82.9 Å². The highest BCUT2D eigenvalue weighted by Crippen LogP contribution is 2.31. The van der Waals surface area contributed by atoms with Gasteiger partial charge in [-0.3, -0.25) is 9.59 Å². The highest BCUT2D eigenvalue weighted by Gasteiger charge is 2.32. The first kappa shape index (κ1) is 19.2. The van der Waals surface area contributed by atoms with E-state index >= 15 is 0 Å². The smallest absolute Gasteiger partial charge is 0.197 e. The number of unbranched alkanes of at least 4 members (excludes halogenated alkanes) is 1. The Morgan fingerprint density at radius 2 is 1.63 bits per heavy atom. The molecule has 27 heavy (non-hydrogen) atoms. The Morgan fingerprint density at radius 3 is 2.19 bits per heavy atom. The number of rotatable bonds is 7. The standard InChI is InChI=1S/C23H22O3S/c1-3-4-15-27-21(16-9-11-17(26-2)12-10-16)14-13-20-22(24)18-7-5-6-8-19(18)23(20)25/h5-14H,3-4,15H2,1-2H3/b21-14-. The van der Waals surface area contributed by atoms with E-state index in [1.54, 1.807) is 49.2 Å². The fraction of sp³-hybridized carbons (Fsp3) is 0.217. The minimum atomic E-state index is -0.195. The Morgan fingerprint density at radius 1 is 1.00 bits per heavy atom. The van der Waals surface area contributed by atoms with Crippen LogP contribution in [-0.2, 0) is 0 Å². The molecule has 0 fully saturated rings. The summed E-state index contributed by atoms with van der Waals surface area (Å²) in [4.78, 5) is 26.2. The topological polar surface area (TPSA) is 43.4 Å². The van der Waals surface area contributed by atoms with Crippen LogP contribution in [0.1, 0.15) is 46.0 Å². The fourth-order valence-corrected chi connectivity index (χ4v) is 4.01. The van der Waals surface area contributed by atoms with Crippen LogP contribution in [0.4, 0.5) is 0 Å². The van der Waals surface area contributed by atoms with Gasteiger partial charge in [-0.2, -0.15) is 0 Å². The van der Waals surface area contributed by atoms with Crippen LogP contribution in [0.5, 0.6) is 5.75 Å². The SMILES string of the molecule is CCCCS/C(=C\C=C1C(=O)c2ccccc2C1=O)c1ccc(OC)cc1. The lowest BCUT2D eigenvalue weighted by Gasteiger charge is -2.08. The Bertz CT molecular complexity index is 870. The van der Waals surface area contributed by atoms with Gasteiger partial charge in [0.15, 0.2) is 11.6 Å². The van der Waals surface area contributed by atoms with Gasteiger partial charge in [-0.05, 0) is 42.0 Å². The van der Waals surface area contributed by atoms with Crippen LogP contribution in [0.15, 0.2) is 66.3 Å². The zero-order valence-corrected chi connectivity index (χ0v) is 16.3. The molecule has 4 heteroatoms. The molecule has 0 aromatic heterocycles. The lowest BCUT2D eigenvalue weighted by atomic mass is 10.1. The van der Waals surface area contributed by atoms with Crippen molar-refractivity contribution in [2.24, 2.45) is 0 Å². The molecule has 0 heterocycles. The second-order valence-corrected chi connectivity index (χ2v) is 7.38. The van der Waals surface area contributed by atoms with Crippen molar-refractivity contribution in [1.82, 2.24) is 0 Å². The number of carbonyl (C=O) groups excluding carboxylic acids is 2. The number of thioether (sulfide) groups is 1. The highest BCUT2D eigenvalue weighted by molar-refractivity contribution is 8.08. The van der Waals surface area contributed by atoms with Gasteiger partial charge < -0.3 is 4.74 Å². The number of fused-ring (bicyclic) bond motifs is 1. The van der Waals surface area contributed by atoms with Gasteiger partial charge in [-0.25, -0.2) is 0 Å². The highest BCUT2D eigenvalue weighted by atomic mass is 32.2. The summed E-state index contributed by atoms with van der Waals surface area (Å²) in [6.45, 7) is 2.16. The zero-order chi connectivity index (χ0) is 19.2. The van der Waals surface area contributed by atoms with Gasteiger partial charge in [0, 0.05) is 16.0 Å². The number of methoxy groups -OCH3 is 1. The molecule has 1 aliphatic carbocycles. The predicted molar refractivity (Wildman–Crippen MR) is 112 cm³/mol. The van der Waals surface area contributed by atoms with E-state index in [1.807, 2.05) is 30.3 Å². The van der Waals surface area contributed by atoms with E-state index in [9.17, 15) is 9.59 Å². The molecule has 3 rings (SSSR count). The molecule has 0 N–H and O–H groups in total. The van der Waals surface area contributed by atoms with E-state index in [1.165, 1.54) is 0 Å². The van der Waals surface area contributed by atoms with Crippen LogP contribution in [0, 0.1) is 0 Å². The minimum Gasteiger partial charge on any atom is -0.497 e. The van der Waals surface area contributed by atoms with Crippen molar-refractivity contribution in [3.8, 4) is 5.75 Å². The van der Waals surface area contributed by atoms with Crippen LogP contribution in [0.25, 0.3) is 4.91 Å². The maximum absolute atomic E-state index is 12.6. The molecule has 0 radical (unpaired) electrons. The van der Waals surface area contributed by atoms with Crippen molar-refractivity contribution in [1.29, 1.82) is 0 Å². The van der Waals surface area contributed by atoms with Gasteiger partial charge in [-0.1, -0.05) is 49.7 Å². The fourth-order valence-electron chi connectivity index (χ4n) is 2.89. The summed E-state index contributed by atoms with van der Waals surface area (Å²) in [6.07, 6.45) is 5.79. The second kappa shape index (κ2) is 8.87. The molecular weight excluding hydrogens is 356 g/mol. The number of Topliss-reactive ketones (excluding diaryl/α,β-unsaturated/α-hetero) is 2. The molecule has 0 atom stereocenters. The van der Waals surface area contributed by atoms with E-state index in [4.69, 9.17) is 4.74 Å². The van der Waals surface area contributed by atoms with Gasteiger partial charge >= 0.3 is 0 Å². The maximum Gasteiger partial charge on any atom is 0.197 e. The molecule has 0 unspecified atom stereocenters. The second-order valence-electron chi connectivity index (χ2n) is 6.25. The molecule has 0 saturated carbocycles. The van der Waals surface area contributed by atoms with Crippen LogP contribution in [0.2, 0.25) is 0 Å². The van der Waals surface area contributed by atoms with E-state index in [0.717, 1.165) is 34.8 Å². The first-order chi connectivity index (χ1) is 13.2. The van der Waals surface area contributed by atoms with Crippen molar-refractivity contribution in [3.63, 3.8) is 0 Å². The number of ether oxygens (including phenoxy) is 1. The molecule has 0 amide bonds. The summed E-state index contributed by atoms with van der Waals surface area (Å²) in [5.74, 6) is 1.39. The molecule has 138 valence electrons. The number of carbonyl (C=O) groups is 2. The number of allylic oxidation sites excluding steroid dienone is 3. The van der Waals surface area contributed by atoms with E-state index in [0.29, 0.717) is 11.1 Å². The maximum atomic E-state index is 12.6. The average molecular weight is 378 g/mol. The van der Waals surface area contributed by atoms with Crippen LogP contribution in [-0.4, -0.2) is 24.4 Å². The van der Waals surface area contributed by atoms with Crippen molar-refractivity contribution >= 4 is 28.2 Å². The third-order valence-corrected chi connectivity index (χ3v) is 5.61. The van der Waals surface area contributed by atoms with Gasteiger partial charge in [0.05, 0.1) is 12.7 Å². The molecule has 2 aromatic carbocycles. The van der Waals surface area contributed by atoms with Gasteiger partial charge in [0.25, 0.3) is 0 Å². The van der Waals surface area contributed by atoms with Crippen LogP contribution >= 0.6 is 11.8 Å². The van der Waals surface area contributed by atoms with Gasteiger partial charge in [0.2, 0.25) is 0 Å². The Kier molecular flexibility index (Phi) is 6.30. The molecule has 1 aliphatic rings. The summed E-state index contributed by atoms with van der Waals surface area (Å²) in [5, 5.41) is 0. The zero-order valence-electron chi connectivity index (χ0n) is 15.5. The Labute approximate surface area is 164 Å². The van der Waals surface area contributed by atoms with Crippen molar-refractivity contribution in [2.75, 3.05) is 12.9 Å². The monoisotopic (exact) mass is 378 g/mol. The minimum absolute atomic E-state index is 0.195. The molecule has 3 nitrogen and oxygen atoms in total. The van der Waals surface area contributed by atoms with E-state index < -0.39 is 0 Å². The normalized spacial score (nSPS) is 13.7. The lowest BCUT2D eigenvalue weighted by Crippen LogP contribution is -1.99. The van der Waals surface area contributed by atoms with Crippen LogP contribution < -0.4 is 4.74 Å². The summed E-state index contributed by atoms with van der Waals surface area (Å²) >= 11 is 1.74. The average Bonchev–Trinajstić information content (AvgIpc) is 2.95. The first-order valence-electron chi connectivity index (χ1n) is 9.03. The molecule has 0 spiro atoms. The molecular formula is C23H22O3S. The lowest BCUT2D eigenvalue weighted by molar-refractivity contribution is 0.0989. The van der Waals surface area contributed by atoms with E-state index in [-0.39, 0.29) is 17.1 Å². The number of hydrogen-bond acceptors (Lipinski definition) is 4. The largest absolute Gasteiger partial charge is 0.497 e. The predicted octanol–water partition coefficient (Wildman–Crippen LogP) is 5.58. The first-order valence-corrected chi connectivity index (χ1v) is 10.0. The summed E-state index contributed by atoms with van der Waals surface area (Å²) in [5.41, 5.74) is 2.26. The molecule has 0 bridgehead atoms. The summed E-state index contributed by atoms with van der Waals surface area (Å²) in [6, 6.07) is 14.8. The molecule has 0 saturated heterocycles.